The zero-order valence-electron chi connectivity index (χ0n) is 34.2. The highest BCUT2D eigenvalue weighted by molar-refractivity contribution is 6.48. The number of hydrogen-bond donors (Lipinski definition) is 2. The fourth-order valence-corrected chi connectivity index (χ4v) is 6.29. The van der Waals surface area contributed by atoms with Crippen molar-refractivity contribution in [1.82, 2.24) is 34.3 Å². The molecule has 5 rings (SSSR count). The van der Waals surface area contributed by atoms with Gasteiger partial charge in [-0.1, -0.05) is 74.1 Å². The second-order valence-electron chi connectivity index (χ2n) is 13.5. The monoisotopic (exact) mass is 941 g/mol. The molecular formula is C39H35Cl4N11O9. The highest BCUT2D eigenvalue weighted by Crippen LogP contribution is 2.39. The second-order valence-corrected chi connectivity index (χ2v) is 15.1. The van der Waals surface area contributed by atoms with Crippen LogP contribution in [-0.4, -0.2) is 58.4 Å². The van der Waals surface area contributed by atoms with E-state index < -0.39 is 40.8 Å². The number of Topliss-reactive ketones (excluding diaryl/α,β-unsaturated/α-hetero) is 1. The smallest absolute Gasteiger partial charge is 0.349 e. The fourth-order valence-electron chi connectivity index (χ4n) is 5.18. The first-order valence-corrected chi connectivity index (χ1v) is 19.8. The first-order valence-electron chi connectivity index (χ1n) is 18.3. The zero-order valence-corrected chi connectivity index (χ0v) is 37.3. The third kappa shape index (κ3) is 12.2. The predicted octanol–water partition coefficient (Wildman–Crippen LogP) is 5.93. The van der Waals surface area contributed by atoms with Crippen LogP contribution in [0.3, 0.4) is 0 Å². The van der Waals surface area contributed by atoms with Crippen LogP contribution in [0.25, 0.3) is 5.69 Å². The number of nitriles is 2. The molecule has 0 aliphatic carbocycles. The third-order valence-corrected chi connectivity index (χ3v) is 9.35. The van der Waals surface area contributed by atoms with Crippen LogP contribution < -0.4 is 37.3 Å². The summed E-state index contributed by atoms with van der Waals surface area (Å²) in [5, 5.41) is 33.8. The van der Waals surface area contributed by atoms with Gasteiger partial charge in [-0.15, -0.1) is 15.3 Å². The third-order valence-electron chi connectivity index (χ3n) is 8.23. The van der Waals surface area contributed by atoms with Gasteiger partial charge in [0.1, 0.15) is 18.6 Å². The van der Waals surface area contributed by atoms with E-state index in [1.54, 1.807) is 19.1 Å². The molecule has 328 valence electrons. The minimum atomic E-state index is -0.905. The number of nitrogens with one attached hydrogen (secondary N) is 2. The molecule has 0 saturated carbocycles. The van der Waals surface area contributed by atoms with Gasteiger partial charge < -0.3 is 14.2 Å². The molecule has 0 spiro atoms. The zero-order chi connectivity index (χ0) is 46.9. The predicted molar refractivity (Wildman–Crippen MR) is 232 cm³/mol. The van der Waals surface area contributed by atoms with Crippen LogP contribution in [0.2, 0.25) is 20.1 Å². The number of esters is 1. The number of nitrogens with zero attached hydrogens (tertiary/aromatic N) is 9. The molecule has 0 aliphatic rings. The maximum Gasteiger partial charge on any atom is 0.349 e. The summed E-state index contributed by atoms with van der Waals surface area (Å²) in [7, 11) is 3.00. The fraction of sp³-hybridized carbons (Fsp3) is 0.282. The van der Waals surface area contributed by atoms with Crippen molar-refractivity contribution in [3.05, 3.63) is 115 Å². The van der Waals surface area contributed by atoms with E-state index in [1.165, 1.54) is 50.5 Å². The van der Waals surface area contributed by atoms with Gasteiger partial charge in [0, 0.05) is 37.4 Å². The molecule has 0 saturated heterocycles. The van der Waals surface area contributed by atoms with Crippen molar-refractivity contribution in [1.29, 1.82) is 10.5 Å². The molecule has 0 unspecified atom stereocenters. The molecular weight excluding hydrogens is 908 g/mol. The average molecular weight is 944 g/mol. The maximum atomic E-state index is 12.2. The lowest BCUT2D eigenvalue weighted by Gasteiger charge is -2.13. The van der Waals surface area contributed by atoms with Crippen LogP contribution in [0.5, 0.6) is 23.3 Å². The minimum Gasteiger partial charge on any atom is -0.466 e. The van der Waals surface area contributed by atoms with E-state index in [0.717, 1.165) is 14.0 Å². The number of hydrogen-bond acceptors (Lipinski definition) is 16. The summed E-state index contributed by atoms with van der Waals surface area (Å²) >= 11 is 25.1. The van der Waals surface area contributed by atoms with E-state index in [-0.39, 0.29) is 84.3 Å². The number of aromatic nitrogens is 7. The van der Waals surface area contributed by atoms with E-state index in [1.807, 2.05) is 32.7 Å². The highest BCUT2D eigenvalue weighted by atomic mass is 35.5. The van der Waals surface area contributed by atoms with Crippen LogP contribution in [-0.2, 0) is 28.4 Å². The lowest BCUT2D eigenvalue weighted by Crippen LogP contribution is -2.33. The van der Waals surface area contributed by atoms with Gasteiger partial charge in [-0.2, -0.15) is 20.3 Å². The first-order chi connectivity index (χ1) is 29.7. The van der Waals surface area contributed by atoms with Gasteiger partial charge in [-0.3, -0.25) is 34.4 Å². The Morgan fingerprint density at radius 1 is 0.794 bits per heavy atom. The number of rotatable bonds is 13. The Labute approximate surface area is 376 Å². The van der Waals surface area contributed by atoms with Crippen molar-refractivity contribution in [2.45, 2.75) is 52.9 Å². The summed E-state index contributed by atoms with van der Waals surface area (Å²) in [4.78, 5) is 73.3. The van der Waals surface area contributed by atoms with E-state index in [0.29, 0.717) is 11.1 Å². The molecule has 0 amide bonds. The van der Waals surface area contributed by atoms with Crippen LogP contribution >= 0.6 is 46.4 Å². The Morgan fingerprint density at radius 2 is 1.27 bits per heavy atom. The van der Waals surface area contributed by atoms with Crippen LogP contribution in [0.4, 0.5) is 5.69 Å². The van der Waals surface area contributed by atoms with Gasteiger partial charge in [0.25, 0.3) is 16.7 Å². The van der Waals surface area contributed by atoms with Crippen molar-refractivity contribution >= 4 is 69.6 Å². The van der Waals surface area contributed by atoms with Crippen molar-refractivity contribution < 1.29 is 23.8 Å². The van der Waals surface area contributed by atoms with Gasteiger partial charge in [0.15, 0.2) is 11.5 Å². The van der Waals surface area contributed by atoms with E-state index in [4.69, 9.17) is 66.4 Å². The quantitative estimate of drug-likeness (QED) is 0.0600. The van der Waals surface area contributed by atoms with Crippen molar-refractivity contribution in [2.75, 3.05) is 12.0 Å². The Hall–Kier alpha value is -6.84. The molecule has 0 atom stereocenters. The number of halogens is 4. The van der Waals surface area contributed by atoms with Gasteiger partial charge >= 0.3 is 11.7 Å². The summed E-state index contributed by atoms with van der Waals surface area (Å²) in [6.45, 7) is 9.17. The lowest BCUT2D eigenvalue weighted by molar-refractivity contribution is -0.144. The summed E-state index contributed by atoms with van der Waals surface area (Å²) in [6, 6.07) is 11.7. The number of benzene rings is 2. The molecule has 3 heterocycles. The average Bonchev–Trinajstić information content (AvgIpc) is 3.20. The lowest BCUT2D eigenvalue weighted by atomic mass is 10.1. The van der Waals surface area contributed by atoms with Crippen molar-refractivity contribution in [3.63, 3.8) is 0 Å². The Balaban J connectivity index is 0.000000278. The second kappa shape index (κ2) is 21.3. The standard InChI is InChI=1S/C21H21Cl2N5O5.C18H14Cl2N6O4/c1-5-32-19(30)9-17(29)16(10-24)26-25-12-6-14(22)20(15(23)7-12)33-18-8-13(11(2)3)21(31)28(4)27-18;1-8(2)10-6-14(24-25(3)17(10)28)30-15-11(19)4-9(5-12(15)20)26-18(29)22-16(27)13(7-21)23-26/h6-8,11,25H,5,9H2,1-4H3;4-6,8H,1-3H3,(H,22,27,29)/b26-16-;. The molecule has 63 heavy (non-hydrogen) atoms. The Kier molecular flexibility index (Phi) is 16.5. The minimum absolute atomic E-state index is 0.0117. The molecule has 3 aromatic heterocycles. The van der Waals surface area contributed by atoms with E-state index >= 15 is 0 Å². The number of hydrazone groups is 1. The Morgan fingerprint density at radius 3 is 1.70 bits per heavy atom. The molecule has 0 radical (unpaired) electrons. The summed E-state index contributed by atoms with van der Waals surface area (Å²) < 4.78 is 19.2. The molecule has 24 heteroatoms. The number of aromatic amines is 1. The number of anilines is 1. The molecule has 2 N–H and O–H groups in total. The number of ether oxygens (including phenoxy) is 3. The summed E-state index contributed by atoms with van der Waals surface area (Å²) in [5.74, 6) is -1.31. The molecule has 5 aromatic rings. The first kappa shape index (κ1) is 48.8. The topological polar surface area (TPSA) is 271 Å². The van der Waals surface area contributed by atoms with Crippen molar-refractivity contribution in [3.8, 4) is 41.1 Å². The van der Waals surface area contributed by atoms with Gasteiger partial charge in [0.2, 0.25) is 28.9 Å². The van der Waals surface area contributed by atoms with Crippen LogP contribution in [0, 0.1) is 22.7 Å². The van der Waals surface area contributed by atoms with E-state index in [9.17, 15) is 28.8 Å². The van der Waals surface area contributed by atoms with Crippen molar-refractivity contribution in [2.24, 2.45) is 19.2 Å². The number of aryl methyl sites for hydroxylation is 2. The number of H-pyrrole nitrogens is 1. The molecule has 2 aromatic carbocycles. The molecule has 20 nitrogen and oxygen atoms in total. The number of carbonyl (C=O) groups is 2. The highest BCUT2D eigenvalue weighted by Gasteiger charge is 2.20. The maximum absolute atomic E-state index is 12.2. The Bertz CT molecular complexity index is 2920. The number of carbonyl (C=O) groups excluding carboxylic acids is 2. The molecule has 0 aliphatic heterocycles. The number of ketones is 1. The van der Waals surface area contributed by atoms with Gasteiger partial charge in [-0.25, -0.2) is 14.2 Å². The normalized spacial score (nSPS) is 11.0. The molecule has 0 bridgehead atoms. The molecule has 0 fully saturated rings. The van der Waals surface area contributed by atoms with Gasteiger partial charge in [0.05, 0.1) is 38.1 Å². The summed E-state index contributed by atoms with van der Waals surface area (Å²) in [6.07, 6.45) is -0.610. The van der Waals surface area contributed by atoms with Gasteiger partial charge in [-0.05, 0) is 43.0 Å². The van der Waals surface area contributed by atoms with Crippen LogP contribution in [0.15, 0.2) is 60.7 Å². The van der Waals surface area contributed by atoms with Crippen LogP contribution in [0.1, 0.15) is 69.7 Å². The largest absolute Gasteiger partial charge is 0.466 e. The SMILES string of the molecule is CC(C)c1cc(Oc2c(Cl)cc(-n3nc(C#N)c(=O)[nH]c3=O)cc2Cl)nn(C)c1=O.CCOC(=O)CC(=O)/C(C#N)=N\Nc1cc(Cl)c(Oc2cc(C(C)C)c(=O)n(C)n2)c(Cl)c1. The van der Waals surface area contributed by atoms with E-state index in [2.05, 4.69) is 30.6 Å². The summed E-state index contributed by atoms with van der Waals surface area (Å²) in [5.41, 5.74) is 0.583.